The fourth-order valence-electron chi connectivity index (χ4n) is 2.83. The first-order valence-corrected chi connectivity index (χ1v) is 7.28. The predicted octanol–water partition coefficient (Wildman–Crippen LogP) is 2.77. The van der Waals surface area contributed by atoms with Crippen LogP contribution in [0.3, 0.4) is 0 Å². The van der Waals surface area contributed by atoms with E-state index in [1.807, 2.05) is 17.9 Å². The van der Waals surface area contributed by atoms with Gasteiger partial charge in [0.05, 0.1) is 6.20 Å². The molecule has 18 heavy (non-hydrogen) atoms. The molecule has 0 radical (unpaired) electrons. The van der Waals surface area contributed by atoms with Gasteiger partial charge in [0.1, 0.15) is 0 Å². The maximum Gasteiger partial charge on any atom is 0.0521 e. The minimum absolute atomic E-state index is 0.574. The van der Waals surface area contributed by atoms with Crippen LogP contribution in [-0.4, -0.2) is 22.9 Å². The Hall–Kier alpha value is -0.830. The van der Waals surface area contributed by atoms with Gasteiger partial charge in [-0.25, -0.2) is 0 Å². The Morgan fingerprint density at radius 2 is 2.22 bits per heavy atom. The van der Waals surface area contributed by atoms with E-state index < -0.39 is 0 Å². The normalized spacial score (nSPS) is 18.0. The average molecular weight is 249 g/mol. The zero-order chi connectivity index (χ0) is 13.0. The summed E-state index contributed by atoms with van der Waals surface area (Å²) in [4.78, 5) is 0. The van der Waals surface area contributed by atoms with Gasteiger partial charge in [-0.3, -0.25) is 4.68 Å². The molecule has 1 N–H and O–H groups in total. The molecule has 0 saturated heterocycles. The van der Waals surface area contributed by atoms with Gasteiger partial charge in [-0.2, -0.15) is 5.10 Å². The molecule has 1 aliphatic carbocycles. The highest BCUT2D eigenvalue weighted by atomic mass is 15.2. The first kappa shape index (κ1) is 13.6. The number of aromatic nitrogens is 2. The Morgan fingerprint density at radius 1 is 1.44 bits per heavy atom. The monoisotopic (exact) mass is 249 g/mol. The predicted molar refractivity (Wildman–Crippen MR) is 75.5 cm³/mol. The topological polar surface area (TPSA) is 29.9 Å². The standard InChI is InChI=1S/C15H27N3/c1-13(2)9-16-12-15(6-4-7-15)8-5-14-10-17-18(3)11-14/h10-11,13,16H,4-9,12H2,1-3H3. The molecule has 2 rings (SSSR count). The van der Waals surface area contributed by atoms with Gasteiger partial charge in [0.15, 0.2) is 0 Å². The maximum atomic E-state index is 4.25. The summed E-state index contributed by atoms with van der Waals surface area (Å²) in [6, 6.07) is 0. The lowest BCUT2D eigenvalue weighted by Crippen LogP contribution is -2.41. The van der Waals surface area contributed by atoms with E-state index >= 15 is 0 Å². The largest absolute Gasteiger partial charge is 0.316 e. The molecule has 0 aliphatic heterocycles. The number of aryl methyl sites for hydroxylation is 2. The SMILES string of the molecule is CC(C)CNCC1(CCc2cnn(C)c2)CCC1. The molecule has 3 heteroatoms. The summed E-state index contributed by atoms with van der Waals surface area (Å²) in [5, 5.41) is 7.90. The molecule has 1 heterocycles. The summed E-state index contributed by atoms with van der Waals surface area (Å²) >= 11 is 0. The molecule has 1 fully saturated rings. The van der Waals surface area contributed by atoms with Crippen LogP contribution in [0.5, 0.6) is 0 Å². The Balaban J connectivity index is 1.77. The Morgan fingerprint density at radius 3 is 2.72 bits per heavy atom. The van der Waals surface area contributed by atoms with Crippen LogP contribution in [0.25, 0.3) is 0 Å². The number of hydrogen-bond donors (Lipinski definition) is 1. The van der Waals surface area contributed by atoms with E-state index in [1.165, 1.54) is 44.2 Å². The molecule has 1 aliphatic rings. The van der Waals surface area contributed by atoms with E-state index in [-0.39, 0.29) is 0 Å². The van der Waals surface area contributed by atoms with Crippen LogP contribution >= 0.6 is 0 Å². The number of nitrogens with zero attached hydrogens (tertiary/aromatic N) is 2. The number of nitrogens with one attached hydrogen (secondary N) is 1. The van der Waals surface area contributed by atoms with E-state index in [2.05, 4.69) is 30.5 Å². The van der Waals surface area contributed by atoms with Gasteiger partial charge in [-0.05, 0) is 49.1 Å². The van der Waals surface area contributed by atoms with Crippen molar-refractivity contribution in [3.05, 3.63) is 18.0 Å². The summed E-state index contributed by atoms with van der Waals surface area (Å²) in [7, 11) is 1.99. The van der Waals surface area contributed by atoms with Crippen molar-refractivity contribution in [3.63, 3.8) is 0 Å². The third-order valence-electron chi connectivity index (χ3n) is 4.17. The molecular weight excluding hydrogens is 222 g/mol. The molecule has 1 aromatic heterocycles. The molecular formula is C15H27N3. The van der Waals surface area contributed by atoms with E-state index in [1.54, 1.807) is 0 Å². The second-order valence-electron chi connectivity index (χ2n) is 6.40. The lowest BCUT2D eigenvalue weighted by atomic mass is 9.65. The van der Waals surface area contributed by atoms with Gasteiger partial charge < -0.3 is 5.32 Å². The van der Waals surface area contributed by atoms with E-state index in [9.17, 15) is 0 Å². The summed E-state index contributed by atoms with van der Waals surface area (Å²) in [5.74, 6) is 0.750. The van der Waals surface area contributed by atoms with Gasteiger partial charge in [-0.1, -0.05) is 20.3 Å². The fraction of sp³-hybridized carbons (Fsp3) is 0.800. The van der Waals surface area contributed by atoms with Crippen molar-refractivity contribution < 1.29 is 0 Å². The van der Waals surface area contributed by atoms with Gasteiger partial charge in [0, 0.05) is 19.8 Å². The summed E-state index contributed by atoms with van der Waals surface area (Å²) < 4.78 is 1.90. The number of rotatable bonds is 7. The van der Waals surface area contributed by atoms with Crippen LogP contribution in [-0.2, 0) is 13.5 Å². The lowest BCUT2D eigenvalue weighted by molar-refractivity contribution is 0.116. The smallest absolute Gasteiger partial charge is 0.0521 e. The van der Waals surface area contributed by atoms with Crippen molar-refractivity contribution >= 4 is 0 Å². The third-order valence-corrected chi connectivity index (χ3v) is 4.17. The Kier molecular flexibility index (Phi) is 4.44. The van der Waals surface area contributed by atoms with Crippen molar-refractivity contribution in [2.75, 3.05) is 13.1 Å². The average Bonchev–Trinajstić information content (AvgIpc) is 2.66. The van der Waals surface area contributed by atoms with Crippen molar-refractivity contribution in [3.8, 4) is 0 Å². The molecule has 0 aromatic carbocycles. The maximum absolute atomic E-state index is 4.25. The molecule has 0 spiro atoms. The summed E-state index contributed by atoms with van der Waals surface area (Å²) in [5.41, 5.74) is 1.96. The molecule has 0 bridgehead atoms. The van der Waals surface area contributed by atoms with Crippen molar-refractivity contribution in [2.45, 2.75) is 46.0 Å². The second-order valence-corrected chi connectivity index (χ2v) is 6.40. The molecule has 3 nitrogen and oxygen atoms in total. The van der Waals surface area contributed by atoms with E-state index in [4.69, 9.17) is 0 Å². The van der Waals surface area contributed by atoms with E-state index in [0.717, 1.165) is 12.5 Å². The summed E-state index contributed by atoms with van der Waals surface area (Å²) in [6.45, 7) is 6.90. The molecule has 1 aromatic rings. The molecule has 0 unspecified atom stereocenters. The van der Waals surface area contributed by atoms with Crippen LogP contribution in [0.4, 0.5) is 0 Å². The lowest BCUT2D eigenvalue weighted by Gasteiger charge is -2.42. The van der Waals surface area contributed by atoms with Gasteiger partial charge in [0.2, 0.25) is 0 Å². The van der Waals surface area contributed by atoms with Crippen LogP contribution in [0.2, 0.25) is 0 Å². The van der Waals surface area contributed by atoms with E-state index in [0.29, 0.717) is 5.41 Å². The second kappa shape index (κ2) is 5.87. The Bertz CT molecular complexity index is 364. The molecule has 0 atom stereocenters. The minimum atomic E-state index is 0.574. The van der Waals surface area contributed by atoms with Crippen LogP contribution < -0.4 is 5.32 Å². The van der Waals surface area contributed by atoms with Gasteiger partial charge in [-0.15, -0.1) is 0 Å². The van der Waals surface area contributed by atoms with Gasteiger partial charge >= 0.3 is 0 Å². The van der Waals surface area contributed by atoms with Gasteiger partial charge in [0.25, 0.3) is 0 Å². The minimum Gasteiger partial charge on any atom is -0.316 e. The zero-order valence-corrected chi connectivity index (χ0v) is 12.1. The highest BCUT2D eigenvalue weighted by molar-refractivity contribution is 5.05. The quantitative estimate of drug-likeness (QED) is 0.805. The van der Waals surface area contributed by atoms with Crippen LogP contribution in [0.1, 0.15) is 45.1 Å². The Labute approximate surface area is 111 Å². The zero-order valence-electron chi connectivity index (χ0n) is 12.1. The highest BCUT2D eigenvalue weighted by Crippen LogP contribution is 2.44. The summed E-state index contributed by atoms with van der Waals surface area (Å²) in [6.07, 6.45) is 10.9. The molecule has 1 saturated carbocycles. The fourth-order valence-corrected chi connectivity index (χ4v) is 2.83. The first-order chi connectivity index (χ1) is 8.60. The number of hydrogen-bond acceptors (Lipinski definition) is 2. The molecule has 102 valence electrons. The van der Waals surface area contributed by atoms with Crippen LogP contribution in [0, 0.1) is 11.3 Å². The van der Waals surface area contributed by atoms with Crippen LogP contribution in [0.15, 0.2) is 12.4 Å². The van der Waals surface area contributed by atoms with Crippen molar-refractivity contribution in [1.29, 1.82) is 0 Å². The van der Waals surface area contributed by atoms with Crippen molar-refractivity contribution in [2.24, 2.45) is 18.4 Å². The third kappa shape index (κ3) is 3.58. The first-order valence-electron chi connectivity index (χ1n) is 7.28. The highest BCUT2D eigenvalue weighted by Gasteiger charge is 2.35. The molecule has 0 amide bonds. The van der Waals surface area contributed by atoms with Crippen molar-refractivity contribution in [1.82, 2.24) is 15.1 Å².